The second-order valence-corrected chi connectivity index (χ2v) is 7.44. The van der Waals surface area contributed by atoms with Crippen LogP contribution in [0.1, 0.15) is 43.4 Å². The maximum atomic E-state index is 12.4. The zero-order valence-corrected chi connectivity index (χ0v) is 17.2. The lowest BCUT2D eigenvalue weighted by Gasteiger charge is -2.26. The molecule has 0 spiro atoms. The normalized spacial score (nSPS) is 12.5. The van der Waals surface area contributed by atoms with E-state index in [2.05, 4.69) is 38.9 Å². The van der Waals surface area contributed by atoms with Crippen LogP contribution in [0.2, 0.25) is 0 Å². The topological polar surface area (TPSA) is 87.9 Å². The third kappa shape index (κ3) is 4.63. The second-order valence-electron chi connectivity index (χ2n) is 7.44. The highest BCUT2D eigenvalue weighted by atomic mass is 16.4. The van der Waals surface area contributed by atoms with Crippen molar-refractivity contribution in [3.05, 3.63) is 88.1 Å². The van der Waals surface area contributed by atoms with Gasteiger partial charge < -0.3 is 9.40 Å². The number of rotatable bonds is 8. The lowest BCUT2D eigenvalue weighted by molar-refractivity contribution is 0.163. The molecule has 1 atom stereocenters. The highest BCUT2D eigenvalue weighted by molar-refractivity contribution is 5.77. The Morgan fingerprint density at radius 2 is 1.73 bits per heavy atom. The molecule has 2 aromatic carbocycles. The molecule has 0 saturated heterocycles. The van der Waals surface area contributed by atoms with Crippen molar-refractivity contribution in [1.29, 1.82) is 0 Å². The zero-order valence-electron chi connectivity index (χ0n) is 17.2. The maximum absolute atomic E-state index is 12.4. The number of nitrogens with zero attached hydrogens (tertiary/aromatic N) is 4. The molecule has 0 aliphatic rings. The molecular weight excluding hydrogens is 378 g/mol. The Bertz CT molecular complexity index is 1170. The Labute approximate surface area is 174 Å². The van der Waals surface area contributed by atoms with Crippen molar-refractivity contribution in [2.24, 2.45) is 0 Å². The van der Waals surface area contributed by atoms with E-state index in [1.807, 2.05) is 48.5 Å². The Hall–Kier alpha value is -3.32. The van der Waals surface area contributed by atoms with Crippen molar-refractivity contribution >= 4 is 10.9 Å². The van der Waals surface area contributed by atoms with Gasteiger partial charge in [-0.15, -0.1) is 10.2 Å². The fourth-order valence-corrected chi connectivity index (χ4v) is 3.40. The summed E-state index contributed by atoms with van der Waals surface area (Å²) in [6.45, 7) is 5.25. The summed E-state index contributed by atoms with van der Waals surface area (Å²) in [5, 5.41) is 9.02. The van der Waals surface area contributed by atoms with Crippen LogP contribution >= 0.6 is 0 Å². The van der Waals surface area contributed by atoms with E-state index in [0.717, 1.165) is 12.0 Å². The number of aromatic amines is 1. The number of H-pyrrole nitrogens is 1. The summed E-state index contributed by atoms with van der Waals surface area (Å²) in [4.78, 5) is 22.1. The van der Waals surface area contributed by atoms with E-state index in [4.69, 9.17) is 4.42 Å². The fourth-order valence-electron chi connectivity index (χ4n) is 3.40. The predicted molar refractivity (Wildman–Crippen MR) is 115 cm³/mol. The third-order valence-corrected chi connectivity index (χ3v) is 5.27. The summed E-state index contributed by atoms with van der Waals surface area (Å²) in [7, 11) is 0. The molecule has 4 rings (SSSR count). The molecule has 30 heavy (non-hydrogen) atoms. The van der Waals surface area contributed by atoms with Crippen LogP contribution in [0.3, 0.4) is 0 Å². The van der Waals surface area contributed by atoms with E-state index < -0.39 is 0 Å². The van der Waals surface area contributed by atoms with E-state index in [1.54, 1.807) is 6.07 Å². The first-order valence-corrected chi connectivity index (χ1v) is 10.2. The average Bonchev–Trinajstić information content (AvgIpc) is 3.20. The summed E-state index contributed by atoms with van der Waals surface area (Å²) < 4.78 is 5.89. The number of hydrogen-bond donors (Lipinski definition) is 1. The molecule has 0 amide bonds. The molecule has 1 unspecified atom stereocenters. The monoisotopic (exact) mass is 403 g/mol. The minimum atomic E-state index is -0.123. The molecule has 0 bridgehead atoms. The van der Waals surface area contributed by atoms with Crippen molar-refractivity contribution in [2.45, 2.75) is 45.8 Å². The van der Waals surface area contributed by atoms with E-state index in [-0.39, 0.29) is 11.6 Å². The van der Waals surface area contributed by atoms with Gasteiger partial charge in [0, 0.05) is 6.04 Å². The Balaban J connectivity index is 1.52. The van der Waals surface area contributed by atoms with Crippen molar-refractivity contribution in [2.75, 3.05) is 0 Å². The SMILES string of the molecule is CCC(C)N(Cc1nc2ccccc2c(=O)[nH]1)Cc1nnc(Cc2ccccc2)o1. The summed E-state index contributed by atoms with van der Waals surface area (Å²) in [5.41, 5.74) is 1.70. The van der Waals surface area contributed by atoms with Crippen molar-refractivity contribution in [3.63, 3.8) is 0 Å². The van der Waals surface area contributed by atoms with E-state index >= 15 is 0 Å². The minimum Gasteiger partial charge on any atom is -0.424 e. The number of aromatic nitrogens is 4. The van der Waals surface area contributed by atoms with Gasteiger partial charge in [0.25, 0.3) is 5.56 Å². The van der Waals surface area contributed by atoms with Gasteiger partial charge in [0.05, 0.1) is 30.4 Å². The van der Waals surface area contributed by atoms with Crippen LogP contribution in [0.15, 0.2) is 63.8 Å². The van der Waals surface area contributed by atoms with Gasteiger partial charge in [-0.3, -0.25) is 9.69 Å². The molecule has 7 heteroatoms. The van der Waals surface area contributed by atoms with Crippen LogP contribution in [0.5, 0.6) is 0 Å². The summed E-state index contributed by atoms with van der Waals surface area (Å²) >= 11 is 0. The van der Waals surface area contributed by atoms with Crippen LogP contribution in [0.4, 0.5) is 0 Å². The quantitative estimate of drug-likeness (QED) is 0.483. The van der Waals surface area contributed by atoms with Gasteiger partial charge >= 0.3 is 0 Å². The molecule has 0 saturated carbocycles. The number of hydrogen-bond acceptors (Lipinski definition) is 6. The molecular formula is C23H25N5O2. The van der Waals surface area contributed by atoms with Gasteiger partial charge in [0.1, 0.15) is 5.82 Å². The molecule has 1 N–H and O–H groups in total. The Kier molecular flexibility index (Phi) is 5.99. The zero-order chi connectivity index (χ0) is 20.9. The molecule has 4 aromatic rings. The predicted octanol–water partition coefficient (Wildman–Crippen LogP) is 3.70. The van der Waals surface area contributed by atoms with E-state index in [9.17, 15) is 4.79 Å². The lowest BCUT2D eigenvalue weighted by Crippen LogP contribution is -2.33. The number of benzene rings is 2. The van der Waals surface area contributed by atoms with Crippen LogP contribution < -0.4 is 5.56 Å². The van der Waals surface area contributed by atoms with Crippen molar-refractivity contribution < 1.29 is 4.42 Å². The van der Waals surface area contributed by atoms with Crippen molar-refractivity contribution in [1.82, 2.24) is 25.1 Å². The van der Waals surface area contributed by atoms with Gasteiger partial charge in [0.15, 0.2) is 0 Å². The molecule has 0 radical (unpaired) electrons. The fraction of sp³-hybridized carbons (Fsp3) is 0.304. The van der Waals surface area contributed by atoms with Gasteiger partial charge in [0.2, 0.25) is 11.8 Å². The maximum Gasteiger partial charge on any atom is 0.258 e. The van der Waals surface area contributed by atoms with Gasteiger partial charge in [-0.1, -0.05) is 49.4 Å². The number of para-hydroxylation sites is 1. The lowest BCUT2D eigenvalue weighted by atomic mass is 10.2. The summed E-state index contributed by atoms with van der Waals surface area (Å²) in [6.07, 6.45) is 1.56. The first kappa shape index (κ1) is 20.0. The first-order chi connectivity index (χ1) is 14.6. The third-order valence-electron chi connectivity index (χ3n) is 5.27. The Morgan fingerprint density at radius 3 is 2.53 bits per heavy atom. The van der Waals surface area contributed by atoms with Gasteiger partial charge in [-0.25, -0.2) is 4.98 Å². The standard InChI is InChI=1S/C23H25N5O2/c1-3-16(2)28(14-20-24-19-12-8-7-11-18(19)23(29)25-20)15-22-27-26-21(30-22)13-17-9-5-4-6-10-17/h4-12,16H,3,13-15H2,1-2H3,(H,24,25,29). The highest BCUT2D eigenvalue weighted by Crippen LogP contribution is 2.15. The number of fused-ring (bicyclic) bond motifs is 1. The largest absolute Gasteiger partial charge is 0.424 e. The molecule has 2 aromatic heterocycles. The molecule has 7 nitrogen and oxygen atoms in total. The molecule has 0 aliphatic heterocycles. The van der Waals surface area contributed by atoms with Crippen LogP contribution in [-0.4, -0.2) is 31.1 Å². The molecule has 2 heterocycles. The second kappa shape index (κ2) is 9.00. The average molecular weight is 403 g/mol. The van der Waals surface area contributed by atoms with Gasteiger partial charge in [-0.2, -0.15) is 0 Å². The minimum absolute atomic E-state index is 0.123. The van der Waals surface area contributed by atoms with Crippen LogP contribution in [-0.2, 0) is 19.5 Å². The number of nitrogens with one attached hydrogen (secondary N) is 1. The van der Waals surface area contributed by atoms with Gasteiger partial charge in [-0.05, 0) is 31.0 Å². The highest BCUT2D eigenvalue weighted by Gasteiger charge is 2.18. The summed E-state index contributed by atoms with van der Waals surface area (Å²) in [6, 6.07) is 17.7. The van der Waals surface area contributed by atoms with Crippen LogP contribution in [0, 0.1) is 0 Å². The molecule has 0 fully saturated rings. The summed E-state index contributed by atoms with van der Waals surface area (Å²) in [5.74, 6) is 1.78. The molecule has 154 valence electrons. The van der Waals surface area contributed by atoms with E-state index in [1.165, 1.54) is 0 Å². The smallest absolute Gasteiger partial charge is 0.258 e. The molecule has 0 aliphatic carbocycles. The first-order valence-electron chi connectivity index (χ1n) is 10.2. The van der Waals surface area contributed by atoms with E-state index in [0.29, 0.717) is 48.0 Å². The van der Waals surface area contributed by atoms with Crippen LogP contribution in [0.25, 0.3) is 10.9 Å². The van der Waals surface area contributed by atoms with Crippen molar-refractivity contribution in [3.8, 4) is 0 Å². The Morgan fingerprint density at radius 1 is 1.00 bits per heavy atom.